The van der Waals surface area contributed by atoms with E-state index in [0.29, 0.717) is 6.54 Å². The topological polar surface area (TPSA) is 53.0 Å². The first-order valence-corrected chi connectivity index (χ1v) is 5.40. The number of hydrogen-bond acceptors (Lipinski definition) is 5. The minimum absolute atomic E-state index is 0.0505. The molecule has 0 saturated carbocycles. The predicted octanol–water partition coefficient (Wildman–Crippen LogP) is -0.451. The summed E-state index contributed by atoms with van der Waals surface area (Å²) in [6, 6.07) is 0. The molecule has 3 heterocycles. The molecule has 2 saturated heterocycles. The molecule has 3 aliphatic heterocycles. The smallest absolute Gasteiger partial charge is 0.235 e. The van der Waals surface area contributed by atoms with E-state index in [1.807, 2.05) is 5.01 Å². The maximum Gasteiger partial charge on any atom is 0.235 e. The molecule has 74 valence electrons. The molecule has 0 N–H and O–H groups in total. The fourth-order valence-corrected chi connectivity index (χ4v) is 3.38. The van der Waals surface area contributed by atoms with Crippen molar-refractivity contribution in [3.05, 3.63) is 0 Å². The molecular formula is C8H9N3O2S. The van der Waals surface area contributed by atoms with E-state index < -0.39 is 0 Å². The second-order valence-electron chi connectivity index (χ2n) is 3.74. The highest BCUT2D eigenvalue weighted by atomic mass is 32.2. The number of thioether (sulfide) groups is 1. The third-order valence-corrected chi connectivity index (χ3v) is 4.11. The summed E-state index contributed by atoms with van der Waals surface area (Å²) in [6.07, 6.45) is 0. The van der Waals surface area contributed by atoms with Gasteiger partial charge in [-0.05, 0) is 0 Å². The Labute approximate surface area is 85.1 Å². The quantitative estimate of drug-likeness (QED) is 0.509. The molecule has 0 spiro atoms. The zero-order chi connectivity index (χ0) is 9.87. The van der Waals surface area contributed by atoms with Crippen molar-refractivity contribution in [1.82, 2.24) is 9.91 Å². The molecule has 14 heavy (non-hydrogen) atoms. The zero-order valence-electron chi connectivity index (χ0n) is 7.58. The number of imide groups is 1. The Bertz CT molecular complexity index is 356. The highest BCUT2D eigenvalue weighted by molar-refractivity contribution is 8.12. The lowest BCUT2D eigenvalue weighted by molar-refractivity contribution is -0.139. The minimum Gasteiger partial charge on any atom is -0.285 e. The van der Waals surface area contributed by atoms with Gasteiger partial charge in [-0.1, -0.05) is 11.8 Å². The maximum atomic E-state index is 11.7. The van der Waals surface area contributed by atoms with Gasteiger partial charge in [0.1, 0.15) is 5.37 Å². The van der Waals surface area contributed by atoms with Crippen molar-refractivity contribution in [2.24, 2.45) is 16.9 Å². The lowest BCUT2D eigenvalue weighted by atomic mass is 9.99. The lowest BCUT2D eigenvalue weighted by Gasteiger charge is -2.17. The average Bonchev–Trinajstić information content (AvgIpc) is 2.76. The van der Waals surface area contributed by atoms with Crippen molar-refractivity contribution < 1.29 is 9.59 Å². The molecule has 0 aromatic heterocycles. The number of hydrazone groups is 1. The predicted molar refractivity (Wildman–Crippen MR) is 51.3 cm³/mol. The lowest BCUT2D eigenvalue weighted by Crippen LogP contribution is -2.33. The molecule has 0 aliphatic carbocycles. The van der Waals surface area contributed by atoms with Gasteiger partial charge >= 0.3 is 0 Å². The second kappa shape index (κ2) is 2.50. The van der Waals surface area contributed by atoms with Crippen LogP contribution in [0.25, 0.3) is 0 Å². The number of likely N-dealkylation sites (tertiary alicyclic amines) is 1. The Morgan fingerprint density at radius 3 is 3.07 bits per heavy atom. The van der Waals surface area contributed by atoms with Gasteiger partial charge in [0, 0.05) is 13.6 Å². The van der Waals surface area contributed by atoms with Gasteiger partial charge in [-0.2, -0.15) is 5.10 Å². The summed E-state index contributed by atoms with van der Waals surface area (Å²) >= 11 is 1.53. The van der Waals surface area contributed by atoms with Crippen molar-refractivity contribution in [2.75, 3.05) is 13.6 Å². The molecule has 3 aliphatic rings. The van der Waals surface area contributed by atoms with Gasteiger partial charge in [0.05, 0.1) is 17.4 Å². The maximum absolute atomic E-state index is 11.7. The van der Waals surface area contributed by atoms with Crippen LogP contribution in [0.3, 0.4) is 0 Å². The largest absolute Gasteiger partial charge is 0.285 e. The van der Waals surface area contributed by atoms with Crippen molar-refractivity contribution in [1.29, 1.82) is 0 Å². The number of carbonyl (C=O) groups is 2. The first kappa shape index (κ1) is 8.28. The molecule has 2 fully saturated rings. The van der Waals surface area contributed by atoms with Crippen LogP contribution in [0.4, 0.5) is 0 Å². The van der Waals surface area contributed by atoms with Crippen LogP contribution in [-0.4, -0.2) is 46.2 Å². The second-order valence-corrected chi connectivity index (χ2v) is 4.70. The van der Waals surface area contributed by atoms with Gasteiger partial charge in [0.25, 0.3) is 0 Å². The van der Waals surface area contributed by atoms with Crippen LogP contribution >= 0.6 is 11.8 Å². The molecule has 6 heteroatoms. The van der Waals surface area contributed by atoms with Gasteiger partial charge in [-0.3, -0.25) is 19.5 Å². The van der Waals surface area contributed by atoms with Crippen LogP contribution in [0.5, 0.6) is 0 Å². The highest BCUT2D eigenvalue weighted by Crippen LogP contribution is 2.43. The summed E-state index contributed by atoms with van der Waals surface area (Å²) < 4.78 is 0. The van der Waals surface area contributed by atoms with Crippen molar-refractivity contribution >= 4 is 29.1 Å². The SMILES string of the molecule is CN1C(=O)[C@H]2[C@H](CN3N=CS[C@@H]23)C1=O. The molecule has 5 nitrogen and oxygen atoms in total. The Kier molecular flexibility index (Phi) is 1.48. The Morgan fingerprint density at radius 2 is 2.29 bits per heavy atom. The summed E-state index contributed by atoms with van der Waals surface area (Å²) in [4.78, 5) is 24.7. The van der Waals surface area contributed by atoms with E-state index in [0.717, 1.165) is 0 Å². The summed E-state index contributed by atoms with van der Waals surface area (Å²) in [5.74, 6) is -0.446. The van der Waals surface area contributed by atoms with E-state index in [9.17, 15) is 9.59 Å². The van der Waals surface area contributed by atoms with E-state index in [2.05, 4.69) is 5.10 Å². The van der Waals surface area contributed by atoms with Gasteiger partial charge < -0.3 is 0 Å². The number of hydrogen-bond donors (Lipinski definition) is 0. The van der Waals surface area contributed by atoms with Crippen LogP contribution < -0.4 is 0 Å². The molecule has 2 amide bonds. The van der Waals surface area contributed by atoms with Gasteiger partial charge in [0.15, 0.2) is 0 Å². The normalized spacial score (nSPS) is 39.6. The third kappa shape index (κ3) is 0.796. The average molecular weight is 211 g/mol. The van der Waals surface area contributed by atoms with Crippen molar-refractivity contribution in [3.8, 4) is 0 Å². The van der Waals surface area contributed by atoms with Gasteiger partial charge in [-0.15, -0.1) is 0 Å². The van der Waals surface area contributed by atoms with Crippen LogP contribution in [0.1, 0.15) is 0 Å². The van der Waals surface area contributed by atoms with Crippen LogP contribution in [-0.2, 0) is 9.59 Å². The van der Waals surface area contributed by atoms with Crippen molar-refractivity contribution in [2.45, 2.75) is 5.37 Å². The fourth-order valence-electron chi connectivity index (χ4n) is 2.33. The van der Waals surface area contributed by atoms with E-state index in [4.69, 9.17) is 0 Å². The Morgan fingerprint density at radius 1 is 1.50 bits per heavy atom. The first-order valence-electron chi connectivity index (χ1n) is 4.46. The van der Waals surface area contributed by atoms with E-state index in [1.54, 1.807) is 12.6 Å². The van der Waals surface area contributed by atoms with Gasteiger partial charge in [0.2, 0.25) is 11.8 Å². The molecule has 0 bridgehead atoms. The summed E-state index contributed by atoms with van der Waals surface area (Å²) in [5.41, 5.74) is 1.75. The van der Waals surface area contributed by atoms with E-state index >= 15 is 0 Å². The minimum atomic E-state index is -0.181. The van der Waals surface area contributed by atoms with Gasteiger partial charge in [-0.25, -0.2) is 0 Å². The van der Waals surface area contributed by atoms with E-state index in [1.165, 1.54) is 16.7 Å². The Hall–Kier alpha value is -1.04. The number of amides is 2. The molecule has 0 radical (unpaired) electrons. The van der Waals surface area contributed by atoms with Crippen LogP contribution in [0.15, 0.2) is 5.10 Å². The number of carbonyl (C=O) groups excluding carboxylic acids is 2. The molecular weight excluding hydrogens is 202 g/mol. The monoisotopic (exact) mass is 211 g/mol. The molecule has 3 rings (SSSR count). The summed E-state index contributed by atoms with van der Waals surface area (Å²) in [6.45, 7) is 0.591. The number of fused-ring (bicyclic) bond motifs is 3. The standard InChI is InChI=1S/C8H9N3O2S/c1-10-6(12)4-2-11-8(14-3-9-11)5(4)7(10)13/h3-5,8H,2H2,1H3/t4-,5+,8-/m0/s1. The molecule has 0 unspecified atom stereocenters. The number of rotatable bonds is 0. The zero-order valence-corrected chi connectivity index (χ0v) is 8.40. The molecule has 3 atom stereocenters. The van der Waals surface area contributed by atoms with E-state index in [-0.39, 0.29) is 29.0 Å². The number of nitrogens with zero attached hydrogens (tertiary/aromatic N) is 3. The molecule has 0 aromatic carbocycles. The molecule has 0 aromatic rings. The fraction of sp³-hybridized carbons (Fsp3) is 0.625. The first-order chi connectivity index (χ1) is 6.70. The third-order valence-electron chi connectivity index (χ3n) is 3.08. The van der Waals surface area contributed by atoms with Crippen molar-refractivity contribution in [3.63, 3.8) is 0 Å². The Balaban J connectivity index is 1.98. The van der Waals surface area contributed by atoms with Crippen LogP contribution in [0, 0.1) is 11.8 Å². The highest BCUT2D eigenvalue weighted by Gasteiger charge is 2.57. The van der Waals surface area contributed by atoms with Crippen LogP contribution in [0.2, 0.25) is 0 Å². The summed E-state index contributed by atoms with van der Waals surface area (Å²) in [5, 5.41) is 6.03. The summed E-state index contributed by atoms with van der Waals surface area (Å²) in [7, 11) is 1.56.